The van der Waals surface area contributed by atoms with Gasteiger partial charge in [0, 0.05) is 26.2 Å². The van der Waals surface area contributed by atoms with Gasteiger partial charge in [0.2, 0.25) is 0 Å². The second-order valence-electron chi connectivity index (χ2n) is 6.69. The van der Waals surface area contributed by atoms with Gasteiger partial charge in [-0.2, -0.15) is 17.0 Å². The molecule has 7 heteroatoms. The molecular formula is C14H30ClN3O2S. The van der Waals surface area contributed by atoms with Crippen LogP contribution in [0.4, 0.5) is 0 Å². The molecule has 3 unspecified atom stereocenters. The van der Waals surface area contributed by atoms with E-state index in [-0.39, 0.29) is 12.4 Å². The molecule has 3 atom stereocenters. The van der Waals surface area contributed by atoms with Gasteiger partial charge in [-0.25, -0.2) is 0 Å². The summed E-state index contributed by atoms with van der Waals surface area (Å²) in [7, 11) is -1.33. The number of nitrogens with one attached hydrogen (secondary N) is 1. The van der Waals surface area contributed by atoms with Crippen LogP contribution >= 0.6 is 12.4 Å². The number of rotatable bonds is 4. The summed E-state index contributed by atoms with van der Waals surface area (Å²) in [6, 6.07) is 0. The van der Waals surface area contributed by atoms with E-state index in [0.717, 1.165) is 25.8 Å². The van der Waals surface area contributed by atoms with Crippen molar-refractivity contribution in [3.05, 3.63) is 0 Å². The highest BCUT2D eigenvalue weighted by molar-refractivity contribution is 7.86. The van der Waals surface area contributed by atoms with Crippen LogP contribution < -0.4 is 5.32 Å². The third kappa shape index (κ3) is 4.79. The second kappa shape index (κ2) is 8.11. The van der Waals surface area contributed by atoms with E-state index >= 15 is 0 Å². The van der Waals surface area contributed by atoms with E-state index in [1.165, 1.54) is 0 Å². The van der Waals surface area contributed by atoms with E-state index in [4.69, 9.17) is 0 Å². The van der Waals surface area contributed by atoms with Crippen molar-refractivity contribution in [1.82, 2.24) is 13.9 Å². The fourth-order valence-electron chi connectivity index (χ4n) is 3.65. The lowest BCUT2D eigenvalue weighted by atomic mass is 9.94. The van der Waals surface area contributed by atoms with Crippen LogP contribution in [0.15, 0.2) is 0 Å². The van der Waals surface area contributed by atoms with Gasteiger partial charge in [-0.1, -0.05) is 13.8 Å². The summed E-state index contributed by atoms with van der Waals surface area (Å²) in [5.41, 5.74) is 0. The van der Waals surface area contributed by atoms with Crippen molar-refractivity contribution in [3.8, 4) is 0 Å². The molecule has 1 N–H and O–H groups in total. The quantitative estimate of drug-likeness (QED) is 0.845. The van der Waals surface area contributed by atoms with Crippen LogP contribution in [-0.4, -0.2) is 56.8 Å². The zero-order valence-corrected chi connectivity index (χ0v) is 15.0. The fourth-order valence-corrected chi connectivity index (χ4v) is 5.62. The van der Waals surface area contributed by atoms with Gasteiger partial charge in [0.25, 0.3) is 10.2 Å². The van der Waals surface area contributed by atoms with Crippen molar-refractivity contribution in [2.75, 3.05) is 39.8 Å². The minimum atomic E-state index is -3.26. The Morgan fingerprint density at radius 1 is 1.10 bits per heavy atom. The van der Waals surface area contributed by atoms with Gasteiger partial charge in [0.05, 0.1) is 0 Å². The highest BCUT2D eigenvalue weighted by Gasteiger charge is 2.36. The topological polar surface area (TPSA) is 52.7 Å². The molecule has 0 aliphatic carbocycles. The number of nitrogens with zero attached hydrogens (tertiary/aromatic N) is 2. The molecule has 2 aliphatic heterocycles. The molecule has 2 heterocycles. The molecule has 0 saturated carbocycles. The average molecular weight is 340 g/mol. The minimum absolute atomic E-state index is 0. The molecule has 0 spiro atoms. The van der Waals surface area contributed by atoms with E-state index in [2.05, 4.69) is 19.2 Å². The van der Waals surface area contributed by atoms with E-state index < -0.39 is 10.2 Å². The molecule has 2 aliphatic rings. The molecule has 2 fully saturated rings. The smallest absolute Gasteiger partial charge is 0.282 e. The second-order valence-corrected chi connectivity index (χ2v) is 8.62. The summed E-state index contributed by atoms with van der Waals surface area (Å²) in [6.07, 6.45) is 3.23. The summed E-state index contributed by atoms with van der Waals surface area (Å²) < 4.78 is 29.1. The first kappa shape index (κ1) is 19.2. The van der Waals surface area contributed by atoms with E-state index in [0.29, 0.717) is 43.9 Å². The van der Waals surface area contributed by atoms with Crippen LogP contribution in [0.25, 0.3) is 0 Å². The molecule has 0 aromatic carbocycles. The normalized spacial score (nSPS) is 32.6. The summed E-state index contributed by atoms with van der Waals surface area (Å²) in [5.74, 6) is 1.38. The number of halogens is 1. The van der Waals surface area contributed by atoms with Gasteiger partial charge >= 0.3 is 0 Å². The highest BCUT2D eigenvalue weighted by atomic mass is 35.5. The van der Waals surface area contributed by atoms with Crippen molar-refractivity contribution in [2.24, 2.45) is 17.8 Å². The zero-order chi connectivity index (χ0) is 14.8. The lowest BCUT2D eigenvalue weighted by molar-refractivity contribution is 0.193. The Hall–Kier alpha value is 0.120. The highest BCUT2D eigenvalue weighted by Crippen LogP contribution is 2.27. The van der Waals surface area contributed by atoms with Crippen molar-refractivity contribution < 1.29 is 8.42 Å². The standard InChI is InChI=1S/C14H29N3O2S.ClH/c1-12-7-13(2)10-17(9-12)20(18,19)16-6-4-5-14(11-16)8-15-3;/h12-15H,4-11H2,1-3H3;1H. The largest absolute Gasteiger partial charge is 0.319 e. The van der Waals surface area contributed by atoms with E-state index in [9.17, 15) is 8.42 Å². The Morgan fingerprint density at radius 2 is 1.71 bits per heavy atom. The monoisotopic (exact) mass is 339 g/mol. The molecular weight excluding hydrogens is 310 g/mol. The first-order valence-electron chi connectivity index (χ1n) is 7.83. The van der Waals surface area contributed by atoms with Gasteiger partial charge in [-0.3, -0.25) is 0 Å². The summed E-state index contributed by atoms with van der Waals surface area (Å²) >= 11 is 0. The maximum absolute atomic E-state index is 12.8. The SMILES string of the molecule is CNCC1CCCN(S(=O)(=O)N2CC(C)CC(C)C2)C1.Cl. The maximum atomic E-state index is 12.8. The molecule has 0 bridgehead atoms. The minimum Gasteiger partial charge on any atom is -0.319 e. The predicted octanol–water partition coefficient (Wildman–Crippen LogP) is 1.56. The molecule has 21 heavy (non-hydrogen) atoms. The number of hydrogen-bond donors (Lipinski definition) is 1. The van der Waals surface area contributed by atoms with E-state index in [1.54, 1.807) is 8.61 Å². The van der Waals surface area contributed by atoms with Gasteiger partial charge < -0.3 is 5.32 Å². The van der Waals surface area contributed by atoms with Crippen molar-refractivity contribution in [1.29, 1.82) is 0 Å². The number of hydrogen-bond acceptors (Lipinski definition) is 3. The molecule has 5 nitrogen and oxygen atoms in total. The third-order valence-corrected chi connectivity index (χ3v) is 6.40. The summed E-state index contributed by atoms with van der Waals surface area (Å²) in [5, 5.41) is 3.17. The molecule has 0 radical (unpaired) electrons. The Kier molecular flexibility index (Phi) is 7.40. The van der Waals surface area contributed by atoms with Crippen LogP contribution in [0.3, 0.4) is 0 Å². The van der Waals surface area contributed by atoms with Gasteiger partial charge in [0.1, 0.15) is 0 Å². The van der Waals surface area contributed by atoms with Crippen LogP contribution in [-0.2, 0) is 10.2 Å². The summed E-state index contributed by atoms with van der Waals surface area (Å²) in [4.78, 5) is 0. The Balaban J connectivity index is 0.00000220. The molecule has 2 saturated heterocycles. The number of piperidine rings is 2. The molecule has 0 amide bonds. The average Bonchev–Trinajstić information content (AvgIpc) is 2.38. The maximum Gasteiger partial charge on any atom is 0.282 e. The van der Waals surface area contributed by atoms with Gasteiger partial charge in [-0.05, 0) is 50.6 Å². The lowest BCUT2D eigenvalue weighted by Crippen LogP contribution is -2.52. The van der Waals surface area contributed by atoms with Crippen LogP contribution in [0.5, 0.6) is 0 Å². The first-order valence-corrected chi connectivity index (χ1v) is 9.23. The van der Waals surface area contributed by atoms with Crippen molar-refractivity contribution in [2.45, 2.75) is 33.1 Å². The molecule has 2 rings (SSSR count). The Bertz CT molecular complexity index is 406. The van der Waals surface area contributed by atoms with Crippen LogP contribution in [0, 0.1) is 17.8 Å². The fraction of sp³-hybridized carbons (Fsp3) is 1.00. The van der Waals surface area contributed by atoms with Crippen LogP contribution in [0.1, 0.15) is 33.1 Å². The molecule has 0 aromatic heterocycles. The zero-order valence-electron chi connectivity index (χ0n) is 13.4. The Labute approximate surface area is 136 Å². The van der Waals surface area contributed by atoms with Crippen LogP contribution in [0.2, 0.25) is 0 Å². The predicted molar refractivity (Wildman–Crippen MR) is 88.9 cm³/mol. The lowest BCUT2D eigenvalue weighted by Gasteiger charge is -2.39. The molecule has 126 valence electrons. The Morgan fingerprint density at radius 3 is 2.29 bits per heavy atom. The summed E-state index contributed by atoms with van der Waals surface area (Å²) in [6.45, 7) is 7.92. The van der Waals surface area contributed by atoms with E-state index in [1.807, 2.05) is 7.05 Å². The molecule has 0 aromatic rings. The van der Waals surface area contributed by atoms with Gasteiger partial charge in [0.15, 0.2) is 0 Å². The van der Waals surface area contributed by atoms with Crippen molar-refractivity contribution in [3.63, 3.8) is 0 Å². The van der Waals surface area contributed by atoms with Gasteiger partial charge in [-0.15, -0.1) is 12.4 Å². The third-order valence-electron chi connectivity index (χ3n) is 4.46. The first-order chi connectivity index (χ1) is 9.43. The van der Waals surface area contributed by atoms with Crippen molar-refractivity contribution >= 4 is 22.6 Å².